The Bertz CT molecular complexity index is 1100. The Morgan fingerprint density at radius 2 is 1.92 bits per heavy atom. The Labute approximate surface area is 143 Å². The van der Waals surface area contributed by atoms with Gasteiger partial charge in [-0.05, 0) is 16.0 Å². The van der Waals surface area contributed by atoms with Gasteiger partial charge in [0, 0.05) is 5.56 Å². The summed E-state index contributed by atoms with van der Waals surface area (Å²) >= 11 is 7.43. The minimum absolute atomic E-state index is 0.156. The lowest BCUT2D eigenvalue weighted by Gasteiger charge is -2.06. The molecule has 0 saturated carbocycles. The molecule has 24 heavy (non-hydrogen) atoms. The van der Waals surface area contributed by atoms with Crippen molar-refractivity contribution in [2.75, 3.05) is 0 Å². The summed E-state index contributed by atoms with van der Waals surface area (Å²) in [4.78, 5) is 15.6. The van der Waals surface area contributed by atoms with E-state index in [1.54, 1.807) is 24.3 Å². The van der Waals surface area contributed by atoms with Gasteiger partial charge in [-0.3, -0.25) is 4.79 Å². The summed E-state index contributed by atoms with van der Waals surface area (Å²) < 4.78 is 0.364. The maximum absolute atomic E-state index is 12.4. The van der Waals surface area contributed by atoms with Crippen molar-refractivity contribution in [3.8, 4) is 28.1 Å². The van der Waals surface area contributed by atoms with Gasteiger partial charge in [0.15, 0.2) is 0 Å². The molecule has 0 amide bonds. The normalized spacial score (nSPS) is 11.0. The summed E-state index contributed by atoms with van der Waals surface area (Å²) in [5.74, 6) is -0.156. The monoisotopic (exact) mass is 357 g/mol. The highest BCUT2D eigenvalue weighted by Gasteiger charge is 2.22. The molecule has 4 aromatic rings. The lowest BCUT2D eigenvalue weighted by molar-refractivity contribution is 0.483. The van der Waals surface area contributed by atoms with Crippen molar-refractivity contribution in [1.29, 1.82) is 0 Å². The Balaban J connectivity index is 2.10. The molecule has 0 radical (unpaired) electrons. The number of hydrogen-bond donors (Lipinski definition) is 2. The van der Waals surface area contributed by atoms with E-state index in [1.807, 2.05) is 6.07 Å². The van der Waals surface area contributed by atoms with Crippen molar-refractivity contribution in [2.24, 2.45) is 0 Å². The molecule has 0 fully saturated rings. The molecule has 0 aliphatic rings. The van der Waals surface area contributed by atoms with Crippen molar-refractivity contribution in [3.63, 3.8) is 0 Å². The number of halogens is 1. The number of thiophene rings is 1. The second-order valence-electron chi connectivity index (χ2n) is 4.91. The number of pyridine rings is 1. The zero-order chi connectivity index (χ0) is 16.7. The van der Waals surface area contributed by atoms with E-state index in [9.17, 15) is 9.90 Å². The summed E-state index contributed by atoms with van der Waals surface area (Å²) in [5, 5.41) is 25.7. The molecule has 0 aliphatic carbocycles. The van der Waals surface area contributed by atoms with Crippen LogP contribution >= 0.6 is 22.9 Å². The van der Waals surface area contributed by atoms with Gasteiger partial charge in [0.05, 0.1) is 17.1 Å². The van der Waals surface area contributed by atoms with Crippen LogP contribution in [-0.4, -0.2) is 30.7 Å². The summed E-state index contributed by atoms with van der Waals surface area (Å²) in [6.07, 6.45) is 1.40. The second kappa shape index (κ2) is 5.66. The van der Waals surface area contributed by atoms with E-state index in [1.165, 1.54) is 6.20 Å². The summed E-state index contributed by atoms with van der Waals surface area (Å²) in [6.45, 7) is 0. The van der Waals surface area contributed by atoms with Crippen LogP contribution in [0.25, 0.3) is 32.6 Å². The smallest absolute Gasteiger partial charge is 0.260 e. The molecule has 1 aromatic carbocycles. The third-order valence-corrected chi connectivity index (χ3v) is 4.85. The highest BCUT2D eigenvalue weighted by molar-refractivity contribution is 7.23. The van der Waals surface area contributed by atoms with Gasteiger partial charge in [-0.15, -0.1) is 21.5 Å². The lowest BCUT2D eigenvalue weighted by Crippen LogP contribution is -2.08. The molecule has 118 valence electrons. The zero-order valence-corrected chi connectivity index (χ0v) is 13.5. The number of aromatic hydroxyl groups is 1. The highest BCUT2D eigenvalue weighted by Crippen LogP contribution is 2.45. The average Bonchev–Trinajstić information content (AvgIpc) is 2.92. The topological polar surface area (TPSA) is 105 Å². The number of hydrogen-bond acceptors (Lipinski definition) is 7. The molecular weight excluding hydrogens is 350 g/mol. The van der Waals surface area contributed by atoms with E-state index in [2.05, 4.69) is 25.6 Å². The fourth-order valence-corrected chi connectivity index (χ4v) is 3.88. The molecule has 0 saturated heterocycles. The van der Waals surface area contributed by atoms with Crippen LogP contribution in [0.4, 0.5) is 0 Å². The number of nitrogens with zero attached hydrogens (tertiary/aromatic N) is 4. The molecule has 3 heterocycles. The maximum Gasteiger partial charge on any atom is 0.260 e. The number of H-pyrrole nitrogens is 1. The maximum atomic E-state index is 12.4. The minimum Gasteiger partial charge on any atom is -0.506 e. The van der Waals surface area contributed by atoms with Gasteiger partial charge >= 0.3 is 0 Å². The summed E-state index contributed by atoms with van der Waals surface area (Å²) in [7, 11) is 0. The van der Waals surface area contributed by atoms with E-state index in [-0.39, 0.29) is 11.3 Å². The van der Waals surface area contributed by atoms with Gasteiger partial charge in [0.2, 0.25) is 0 Å². The van der Waals surface area contributed by atoms with Crippen LogP contribution in [-0.2, 0) is 0 Å². The minimum atomic E-state index is -0.394. The number of rotatable bonds is 2. The van der Waals surface area contributed by atoms with E-state index in [0.717, 1.165) is 11.3 Å². The van der Waals surface area contributed by atoms with Crippen LogP contribution in [0.15, 0.2) is 41.3 Å². The molecular formula is C15H8ClN5O2S. The number of benzene rings is 1. The summed E-state index contributed by atoms with van der Waals surface area (Å²) in [6, 6.07) is 8.91. The van der Waals surface area contributed by atoms with Crippen LogP contribution in [0, 0.1) is 0 Å². The molecule has 0 unspecified atom stereocenters. The van der Waals surface area contributed by atoms with Crippen molar-refractivity contribution >= 4 is 33.2 Å². The SMILES string of the molecule is O=c1[nH]c2sc(Cl)c(-c3cnnnn3)c2c(O)c1-c1ccccc1. The van der Waals surface area contributed by atoms with E-state index >= 15 is 0 Å². The molecule has 3 aromatic heterocycles. The molecule has 0 atom stereocenters. The molecule has 2 N–H and O–H groups in total. The van der Waals surface area contributed by atoms with Gasteiger partial charge in [-0.2, -0.15) is 0 Å². The van der Waals surface area contributed by atoms with Crippen LogP contribution in [0.3, 0.4) is 0 Å². The Morgan fingerprint density at radius 1 is 1.12 bits per heavy atom. The molecule has 0 spiro atoms. The first-order chi connectivity index (χ1) is 11.7. The Hall–Kier alpha value is -2.84. The predicted octanol–water partition coefficient (Wildman–Crippen LogP) is 2.86. The number of nitrogens with one attached hydrogen (secondary N) is 1. The molecule has 9 heteroatoms. The fraction of sp³-hybridized carbons (Fsp3) is 0. The van der Waals surface area contributed by atoms with Crippen LogP contribution < -0.4 is 5.56 Å². The first-order valence-corrected chi connectivity index (χ1v) is 8.00. The van der Waals surface area contributed by atoms with Crippen LogP contribution in [0.1, 0.15) is 0 Å². The zero-order valence-electron chi connectivity index (χ0n) is 11.9. The van der Waals surface area contributed by atoms with Gasteiger partial charge in [0.25, 0.3) is 5.56 Å². The third kappa shape index (κ3) is 2.24. The van der Waals surface area contributed by atoms with E-state index in [4.69, 9.17) is 11.6 Å². The molecule has 4 rings (SSSR count). The molecule has 7 nitrogen and oxygen atoms in total. The van der Waals surface area contributed by atoms with Gasteiger partial charge in [-0.1, -0.05) is 41.9 Å². The number of aromatic nitrogens is 5. The van der Waals surface area contributed by atoms with Gasteiger partial charge < -0.3 is 10.1 Å². The second-order valence-corrected chi connectivity index (χ2v) is 6.53. The quantitative estimate of drug-likeness (QED) is 0.571. The molecule has 0 bridgehead atoms. The standard InChI is InChI=1S/C15H8ClN5O2S/c16-13-10(8-6-17-20-21-19-8)11-12(22)9(7-4-2-1-3-5-7)14(23)18-15(11)24-13/h1-6H,(H2,18,22,23). The predicted molar refractivity (Wildman–Crippen MR) is 91.2 cm³/mol. The van der Waals surface area contributed by atoms with Crippen molar-refractivity contribution in [2.45, 2.75) is 0 Å². The lowest BCUT2D eigenvalue weighted by atomic mass is 10.0. The van der Waals surface area contributed by atoms with Crippen LogP contribution in [0.5, 0.6) is 5.75 Å². The third-order valence-electron chi connectivity index (χ3n) is 3.54. The highest BCUT2D eigenvalue weighted by atomic mass is 35.5. The number of fused-ring (bicyclic) bond motifs is 1. The molecule has 0 aliphatic heterocycles. The van der Waals surface area contributed by atoms with Crippen LogP contribution in [0.2, 0.25) is 4.34 Å². The number of aromatic amines is 1. The summed E-state index contributed by atoms with van der Waals surface area (Å²) in [5.41, 5.74) is 1.21. The first kappa shape index (κ1) is 14.7. The van der Waals surface area contributed by atoms with Gasteiger partial charge in [0.1, 0.15) is 20.6 Å². The van der Waals surface area contributed by atoms with Crippen molar-refractivity contribution in [3.05, 3.63) is 51.2 Å². The van der Waals surface area contributed by atoms with E-state index in [0.29, 0.717) is 31.4 Å². The Morgan fingerprint density at radius 3 is 2.62 bits per heavy atom. The van der Waals surface area contributed by atoms with Gasteiger partial charge in [-0.25, -0.2) is 0 Å². The fourth-order valence-electron chi connectivity index (χ4n) is 2.53. The van der Waals surface area contributed by atoms with E-state index < -0.39 is 5.56 Å². The van der Waals surface area contributed by atoms with Crippen molar-refractivity contribution in [1.82, 2.24) is 25.6 Å². The largest absolute Gasteiger partial charge is 0.506 e. The Kier molecular flexibility index (Phi) is 3.47. The first-order valence-electron chi connectivity index (χ1n) is 6.81. The average molecular weight is 358 g/mol. The van der Waals surface area contributed by atoms with Crippen molar-refractivity contribution < 1.29 is 5.11 Å².